The lowest BCUT2D eigenvalue weighted by Crippen LogP contribution is -2.14. The number of aromatic nitrogens is 2. The van der Waals surface area contributed by atoms with Gasteiger partial charge in [-0.15, -0.1) is 10.2 Å². The highest BCUT2D eigenvalue weighted by Gasteiger charge is 2.32. The smallest absolute Gasteiger partial charge is 0.277 e. The van der Waals surface area contributed by atoms with Crippen molar-refractivity contribution in [2.75, 3.05) is 27.9 Å². The van der Waals surface area contributed by atoms with Gasteiger partial charge in [0, 0.05) is 18.3 Å². The lowest BCUT2D eigenvalue weighted by atomic mass is 10.1. The number of anilines is 2. The number of hydrogen-bond acceptors (Lipinski definition) is 8. The van der Waals surface area contributed by atoms with E-state index in [1.807, 2.05) is 0 Å². The molecule has 0 radical (unpaired) electrons. The van der Waals surface area contributed by atoms with Gasteiger partial charge < -0.3 is 15.1 Å². The van der Waals surface area contributed by atoms with Gasteiger partial charge in [0.2, 0.25) is 17.7 Å². The van der Waals surface area contributed by atoms with E-state index in [4.69, 9.17) is 4.42 Å². The molecule has 1 saturated heterocycles. The van der Waals surface area contributed by atoms with Crippen molar-refractivity contribution >= 4 is 44.8 Å². The number of amides is 2. The number of benzene rings is 1. The molecule has 0 spiro atoms. The predicted molar refractivity (Wildman–Crippen MR) is 100 cm³/mol. The van der Waals surface area contributed by atoms with E-state index in [0.29, 0.717) is 23.7 Å². The van der Waals surface area contributed by atoms with E-state index in [0.717, 1.165) is 11.8 Å². The number of sulfone groups is 1. The first-order valence-electron chi connectivity index (χ1n) is 8.15. The zero-order valence-electron chi connectivity index (χ0n) is 14.5. The van der Waals surface area contributed by atoms with Crippen LogP contribution in [-0.2, 0) is 19.4 Å². The Hall–Kier alpha value is -2.40. The maximum atomic E-state index is 12.1. The molecular weight excluding hydrogens is 392 g/mol. The van der Waals surface area contributed by atoms with Crippen LogP contribution in [0.4, 0.5) is 11.4 Å². The van der Waals surface area contributed by atoms with Crippen LogP contribution in [-0.4, -0.2) is 47.7 Å². The lowest BCUT2D eigenvalue weighted by molar-refractivity contribution is -0.114. The third kappa shape index (κ3) is 5.54. The zero-order chi connectivity index (χ0) is 19.4. The minimum atomic E-state index is -3.03. The molecule has 1 fully saturated rings. The van der Waals surface area contributed by atoms with E-state index in [-0.39, 0.29) is 40.2 Å². The first kappa shape index (κ1) is 19.4. The van der Waals surface area contributed by atoms with Crippen molar-refractivity contribution in [3.63, 3.8) is 0 Å². The van der Waals surface area contributed by atoms with Gasteiger partial charge in [-0.1, -0.05) is 17.8 Å². The highest BCUT2D eigenvalue weighted by Crippen LogP contribution is 2.29. The van der Waals surface area contributed by atoms with Crippen LogP contribution in [0.2, 0.25) is 0 Å². The van der Waals surface area contributed by atoms with Crippen LogP contribution in [0.25, 0.3) is 0 Å². The van der Waals surface area contributed by atoms with Gasteiger partial charge in [-0.25, -0.2) is 8.42 Å². The Morgan fingerprint density at radius 2 is 2.00 bits per heavy atom. The van der Waals surface area contributed by atoms with Crippen molar-refractivity contribution in [3.8, 4) is 0 Å². The summed E-state index contributed by atoms with van der Waals surface area (Å²) in [5, 5.41) is 13.3. The summed E-state index contributed by atoms with van der Waals surface area (Å²) in [5.74, 6) is -0.259. The van der Waals surface area contributed by atoms with Crippen LogP contribution in [0.5, 0.6) is 0 Å². The number of carbonyl (C=O) groups is 2. The van der Waals surface area contributed by atoms with Crippen molar-refractivity contribution in [1.82, 2.24) is 10.2 Å². The number of carbonyl (C=O) groups excluding carboxylic acids is 2. The molecule has 2 N–H and O–H groups in total. The zero-order valence-corrected chi connectivity index (χ0v) is 16.1. The summed E-state index contributed by atoms with van der Waals surface area (Å²) in [6.45, 7) is 1.40. The van der Waals surface area contributed by atoms with Gasteiger partial charge in [0.15, 0.2) is 9.84 Å². The standard InChI is InChI=1S/C16H18N4O5S2/c1-10(21)17-12-3-2-4-13(7-12)18-14(22)8-26-16-20-19-15(25-16)11-5-6-27(23,24)9-11/h2-4,7,11H,5-6,8-9H2,1H3,(H,17,21)(H,18,22). The molecule has 1 aliphatic heterocycles. The number of nitrogens with zero attached hydrogens (tertiary/aromatic N) is 2. The SMILES string of the molecule is CC(=O)Nc1cccc(NC(=O)CSc2nnc(C3CCS(=O)(=O)C3)o2)c1. The molecule has 0 bridgehead atoms. The molecule has 11 heteroatoms. The van der Waals surface area contributed by atoms with Gasteiger partial charge in [0.1, 0.15) is 0 Å². The summed E-state index contributed by atoms with van der Waals surface area (Å²) < 4.78 is 28.5. The van der Waals surface area contributed by atoms with Crippen molar-refractivity contribution < 1.29 is 22.4 Å². The fraction of sp³-hybridized carbons (Fsp3) is 0.375. The van der Waals surface area contributed by atoms with Crippen LogP contribution >= 0.6 is 11.8 Å². The van der Waals surface area contributed by atoms with Crippen LogP contribution in [0.1, 0.15) is 25.2 Å². The fourth-order valence-electron chi connectivity index (χ4n) is 2.64. The molecule has 2 amide bonds. The lowest BCUT2D eigenvalue weighted by Gasteiger charge is -2.07. The van der Waals surface area contributed by atoms with Crippen LogP contribution < -0.4 is 10.6 Å². The molecule has 1 unspecified atom stereocenters. The Morgan fingerprint density at radius 1 is 1.26 bits per heavy atom. The van der Waals surface area contributed by atoms with Gasteiger partial charge in [0.05, 0.1) is 23.2 Å². The molecule has 1 aromatic heterocycles. The summed E-state index contributed by atoms with van der Waals surface area (Å²) in [5.41, 5.74) is 1.13. The maximum Gasteiger partial charge on any atom is 0.277 e. The van der Waals surface area contributed by atoms with Gasteiger partial charge in [0.25, 0.3) is 5.22 Å². The number of nitrogens with one attached hydrogen (secondary N) is 2. The third-order valence-corrected chi connectivity index (χ3v) is 6.38. The van der Waals surface area contributed by atoms with Crippen LogP contribution in [0.15, 0.2) is 33.9 Å². The summed E-state index contributed by atoms with van der Waals surface area (Å²) in [6.07, 6.45) is 0.472. The topological polar surface area (TPSA) is 131 Å². The summed E-state index contributed by atoms with van der Waals surface area (Å²) in [7, 11) is -3.03. The van der Waals surface area contributed by atoms with Crippen molar-refractivity contribution in [2.24, 2.45) is 0 Å². The minimum Gasteiger partial charge on any atom is -0.416 e. The molecule has 1 aliphatic rings. The highest BCUT2D eigenvalue weighted by atomic mass is 32.2. The second-order valence-corrected chi connectivity index (χ2v) is 9.26. The largest absolute Gasteiger partial charge is 0.416 e. The monoisotopic (exact) mass is 410 g/mol. The quantitative estimate of drug-likeness (QED) is 0.688. The molecule has 2 aromatic rings. The first-order valence-corrected chi connectivity index (χ1v) is 11.0. The van der Waals surface area contributed by atoms with E-state index < -0.39 is 9.84 Å². The molecular formula is C16H18N4O5S2. The van der Waals surface area contributed by atoms with Gasteiger partial charge >= 0.3 is 0 Å². The van der Waals surface area contributed by atoms with E-state index >= 15 is 0 Å². The molecule has 0 saturated carbocycles. The molecule has 0 aliphatic carbocycles. The molecule has 2 heterocycles. The Kier molecular flexibility index (Phi) is 5.80. The molecule has 144 valence electrons. The second kappa shape index (κ2) is 8.09. The van der Waals surface area contributed by atoms with Crippen LogP contribution in [0, 0.1) is 0 Å². The average molecular weight is 410 g/mol. The third-order valence-electron chi connectivity index (χ3n) is 3.80. The summed E-state index contributed by atoms with van der Waals surface area (Å²) >= 11 is 1.07. The molecule has 1 aromatic carbocycles. The Morgan fingerprint density at radius 3 is 2.67 bits per heavy atom. The average Bonchev–Trinajstić information content (AvgIpc) is 3.19. The second-order valence-electron chi connectivity index (χ2n) is 6.11. The van der Waals surface area contributed by atoms with Crippen LogP contribution in [0.3, 0.4) is 0 Å². The predicted octanol–water partition coefficient (Wildman–Crippen LogP) is 1.66. The maximum absolute atomic E-state index is 12.1. The highest BCUT2D eigenvalue weighted by molar-refractivity contribution is 7.99. The fourth-order valence-corrected chi connectivity index (χ4v) is 4.94. The van der Waals surface area contributed by atoms with E-state index in [2.05, 4.69) is 20.8 Å². The van der Waals surface area contributed by atoms with E-state index in [1.165, 1.54) is 6.92 Å². The number of thioether (sulfide) groups is 1. The van der Waals surface area contributed by atoms with Gasteiger partial charge in [-0.2, -0.15) is 0 Å². The molecule has 9 nitrogen and oxygen atoms in total. The molecule has 27 heavy (non-hydrogen) atoms. The minimum absolute atomic E-state index is 0.0183. The number of rotatable bonds is 6. The normalized spacial score (nSPS) is 18.2. The molecule has 1 atom stereocenters. The van der Waals surface area contributed by atoms with Gasteiger partial charge in [-0.05, 0) is 24.6 Å². The molecule has 3 rings (SSSR count). The Balaban J connectivity index is 1.52. The number of hydrogen-bond donors (Lipinski definition) is 2. The summed E-state index contributed by atoms with van der Waals surface area (Å²) in [6, 6.07) is 6.79. The van der Waals surface area contributed by atoms with Crippen molar-refractivity contribution in [3.05, 3.63) is 30.2 Å². The van der Waals surface area contributed by atoms with Crippen molar-refractivity contribution in [2.45, 2.75) is 24.5 Å². The Labute approximate surface area is 160 Å². The first-order chi connectivity index (χ1) is 12.8. The van der Waals surface area contributed by atoms with E-state index in [9.17, 15) is 18.0 Å². The van der Waals surface area contributed by atoms with Gasteiger partial charge in [-0.3, -0.25) is 9.59 Å². The summed E-state index contributed by atoms with van der Waals surface area (Å²) in [4.78, 5) is 23.2. The Bertz CT molecular complexity index is 957. The van der Waals surface area contributed by atoms with Crippen molar-refractivity contribution in [1.29, 1.82) is 0 Å². The van der Waals surface area contributed by atoms with E-state index in [1.54, 1.807) is 24.3 Å².